The van der Waals surface area contributed by atoms with Gasteiger partial charge in [-0.15, -0.1) is 0 Å². The summed E-state index contributed by atoms with van der Waals surface area (Å²) in [5.41, 5.74) is 1.96. The molecule has 0 fully saturated rings. The number of methoxy groups -OCH3 is 1. The van der Waals surface area contributed by atoms with Gasteiger partial charge in [-0.05, 0) is 72.5 Å². The van der Waals surface area contributed by atoms with Crippen LogP contribution < -0.4 is 13.8 Å². The molecule has 0 bridgehead atoms. The molecule has 0 unspecified atom stereocenters. The van der Waals surface area contributed by atoms with E-state index < -0.39 is 25.9 Å². The van der Waals surface area contributed by atoms with Crippen molar-refractivity contribution >= 4 is 31.4 Å². The van der Waals surface area contributed by atoms with Crippen molar-refractivity contribution < 1.29 is 26.0 Å². The molecule has 0 radical (unpaired) electrons. The van der Waals surface area contributed by atoms with Crippen molar-refractivity contribution in [1.82, 2.24) is 0 Å². The lowest BCUT2D eigenvalue weighted by molar-refractivity contribution is 0.414. The molecule has 33 heavy (non-hydrogen) atoms. The molecule has 0 aromatic heterocycles. The van der Waals surface area contributed by atoms with E-state index in [1.165, 1.54) is 53.9 Å². The van der Waals surface area contributed by atoms with Gasteiger partial charge in [-0.3, -0.25) is 9.03 Å². The maximum Gasteiger partial charge on any atom is 0.264 e. The summed E-state index contributed by atoms with van der Waals surface area (Å²) in [5, 5.41) is 0. The average Bonchev–Trinajstić information content (AvgIpc) is 2.79. The summed E-state index contributed by atoms with van der Waals surface area (Å²) < 4.78 is 73.9. The van der Waals surface area contributed by atoms with Gasteiger partial charge in [-0.2, -0.15) is 0 Å². The standard InChI is InChI=1S/C23H23FN2O5S2/c1-31-21-10-12-22(13-11-21)33(29,30)26-14-2-3-18-6-9-20(15-23(18)26)25-32(27,28)16-17-4-7-19(24)8-5-17/h4-13,15,25H,2-3,14,16H2,1H3. The molecule has 0 atom stereocenters. The zero-order chi connectivity index (χ0) is 23.6. The molecule has 1 N–H and O–H groups in total. The number of rotatable bonds is 7. The molecular weight excluding hydrogens is 467 g/mol. The van der Waals surface area contributed by atoms with E-state index in [-0.39, 0.29) is 22.9 Å². The van der Waals surface area contributed by atoms with Gasteiger partial charge in [0.2, 0.25) is 10.0 Å². The van der Waals surface area contributed by atoms with Gasteiger partial charge in [0.25, 0.3) is 10.0 Å². The van der Waals surface area contributed by atoms with Crippen LogP contribution in [0.15, 0.2) is 71.6 Å². The molecule has 174 valence electrons. The second kappa shape index (κ2) is 9.03. The highest BCUT2D eigenvalue weighted by molar-refractivity contribution is 7.93. The Bertz CT molecular complexity index is 1360. The van der Waals surface area contributed by atoms with E-state index >= 15 is 0 Å². The first kappa shape index (κ1) is 23.1. The number of hydrogen-bond acceptors (Lipinski definition) is 5. The van der Waals surface area contributed by atoms with Crippen LogP contribution in [0.25, 0.3) is 0 Å². The molecule has 0 spiro atoms. The van der Waals surface area contributed by atoms with Gasteiger partial charge in [0.05, 0.1) is 29.1 Å². The summed E-state index contributed by atoms with van der Waals surface area (Å²) in [6.45, 7) is 0.285. The number of anilines is 2. The lowest BCUT2D eigenvalue weighted by atomic mass is 10.0. The normalized spacial score (nSPS) is 13.9. The first-order valence-corrected chi connectivity index (χ1v) is 13.3. The fraction of sp³-hybridized carbons (Fsp3) is 0.217. The Morgan fingerprint density at radius 1 is 0.970 bits per heavy atom. The zero-order valence-electron chi connectivity index (χ0n) is 17.9. The number of benzene rings is 3. The maximum absolute atomic E-state index is 13.3. The summed E-state index contributed by atoms with van der Waals surface area (Å²) in [7, 11) is -6.14. The van der Waals surface area contributed by atoms with Crippen LogP contribution in [0.4, 0.5) is 15.8 Å². The summed E-state index contributed by atoms with van der Waals surface area (Å²) in [6, 6.07) is 16.2. The molecule has 7 nitrogen and oxygen atoms in total. The molecule has 3 aromatic rings. The number of nitrogens with one attached hydrogen (secondary N) is 1. The number of fused-ring (bicyclic) bond motifs is 1. The average molecular weight is 491 g/mol. The number of nitrogens with zero attached hydrogens (tertiary/aromatic N) is 1. The maximum atomic E-state index is 13.3. The van der Waals surface area contributed by atoms with Crippen molar-refractivity contribution in [2.45, 2.75) is 23.5 Å². The van der Waals surface area contributed by atoms with E-state index in [1.807, 2.05) is 0 Å². The van der Waals surface area contributed by atoms with E-state index in [4.69, 9.17) is 4.74 Å². The number of halogens is 1. The van der Waals surface area contributed by atoms with Crippen LogP contribution in [0.5, 0.6) is 5.75 Å². The third kappa shape index (κ3) is 5.12. The quantitative estimate of drug-likeness (QED) is 0.542. The highest BCUT2D eigenvalue weighted by Gasteiger charge is 2.29. The highest BCUT2D eigenvalue weighted by atomic mass is 32.2. The largest absolute Gasteiger partial charge is 0.497 e. The van der Waals surface area contributed by atoms with Crippen molar-refractivity contribution in [3.05, 3.63) is 83.7 Å². The monoisotopic (exact) mass is 490 g/mol. The molecule has 0 aliphatic carbocycles. The van der Waals surface area contributed by atoms with E-state index in [0.717, 1.165) is 5.56 Å². The second-order valence-corrected chi connectivity index (χ2v) is 11.3. The van der Waals surface area contributed by atoms with Crippen LogP contribution in [0.1, 0.15) is 17.5 Å². The third-order valence-electron chi connectivity index (χ3n) is 5.35. The van der Waals surface area contributed by atoms with Crippen LogP contribution in [-0.4, -0.2) is 30.5 Å². The zero-order valence-corrected chi connectivity index (χ0v) is 19.5. The van der Waals surface area contributed by atoms with Gasteiger partial charge < -0.3 is 4.74 Å². The molecule has 0 saturated carbocycles. The number of aryl methyl sites for hydroxylation is 1. The Kier molecular flexibility index (Phi) is 6.31. The van der Waals surface area contributed by atoms with Gasteiger partial charge in [0, 0.05) is 6.54 Å². The minimum atomic E-state index is -3.85. The van der Waals surface area contributed by atoms with Gasteiger partial charge >= 0.3 is 0 Å². The van der Waals surface area contributed by atoms with Crippen LogP contribution in [0.3, 0.4) is 0 Å². The van der Waals surface area contributed by atoms with Crippen LogP contribution in [0.2, 0.25) is 0 Å². The first-order chi connectivity index (χ1) is 15.7. The topological polar surface area (TPSA) is 92.8 Å². The lowest BCUT2D eigenvalue weighted by Gasteiger charge is -2.31. The van der Waals surface area contributed by atoms with Gasteiger partial charge in [0.15, 0.2) is 0 Å². The summed E-state index contributed by atoms with van der Waals surface area (Å²) in [5.74, 6) is -0.235. The minimum absolute atomic E-state index is 0.124. The number of ether oxygens (including phenoxy) is 1. The van der Waals surface area contributed by atoms with Crippen molar-refractivity contribution in [2.24, 2.45) is 0 Å². The molecule has 10 heteroatoms. The van der Waals surface area contributed by atoms with Crippen LogP contribution >= 0.6 is 0 Å². The Hall–Kier alpha value is -3.11. The number of sulfonamides is 2. The lowest BCUT2D eigenvalue weighted by Crippen LogP contribution is -2.35. The van der Waals surface area contributed by atoms with E-state index in [9.17, 15) is 21.2 Å². The van der Waals surface area contributed by atoms with Crippen LogP contribution in [-0.2, 0) is 32.2 Å². The van der Waals surface area contributed by atoms with Crippen molar-refractivity contribution in [2.75, 3.05) is 22.7 Å². The van der Waals surface area contributed by atoms with Gasteiger partial charge in [-0.25, -0.2) is 21.2 Å². The van der Waals surface area contributed by atoms with Gasteiger partial charge in [-0.1, -0.05) is 18.2 Å². The molecule has 1 aliphatic rings. The fourth-order valence-corrected chi connectivity index (χ4v) is 6.47. The Morgan fingerprint density at radius 2 is 1.67 bits per heavy atom. The third-order valence-corrected chi connectivity index (χ3v) is 8.44. The predicted octanol–water partition coefficient (Wildman–Crippen LogP) is 3.92. The molecule has 1 aliphatic heterocycles. The first-order valence-electron chi connectivity index (χ1n) is 10.2. The number of hydrogen-bond donors (Lipinski definition) is 1. The van der Waals surface area contributed by atoms with Crippen LogP contribution in [0, 0.1) is 5.82 Å². The Labute approximate surface area is 192 Å². The Balaban J connectivity index is 1.62. The Morgan fingerprint density at radius 3 is 2.33 bits per heavy atom. The van der Waals surface area contributed by atoms with Crippen molar-refractivity contribution in [1.29, 1.82) is 0 Å². The van der Waals surface area contributed by atoms with Crippen molar-refractivity contribution in [3.63, 3.8) is 0 Å². The van der Waals surface area contributed by atoms with E-state index in [0.29, 0.717) is 29.8 Å². The molecule has 1 heterocycles. The smallest absolute Gasteiger partial charge is 0.264 e. The molecule has 3 aromatic carbocycles. The summed E-state index contributed by atoms with van der Waals surface area (Å²) >= 11 is 0. The summed E-state index contributed by atoms with van der Waals surface area (Å²) in [6.07, 6.45) is 1.34. The summed E-state index contributed by atoms with van der Waals surface area (Å²) in [4.78, 5) is 0.124. The SMILES string of the molecule is COc1ccc(S(=O)(=O)N2CCCc3ccc(NS(=O)(=O)Cc4ccc(F)cc4)cc32)cc1. The molecular formula is C23H23FN2O5S2. The molecule has 4 rings (SSSR count). The van der Waals surface area contributed by atoms with E-state index in [2.05, 4.69) is 4.72 Å². The molecule has 0 amide bonds. The predicted molar refractivity (Wildman–Crippen MR) is 125 cm³/mol. The van der Waals surface area contributed by atoms with Crippen molar-refractivity contribution in [3.8, 4) is 5.75 Å². The van der Waals surface area contributed by atoms with E-state index in [1.54, 1.807) is 24.3 Å². The van der Waals surface area contributed by atoms with Gasteiger partial charge in [0.1, 0.15) is 11.6 Å². The second-order valence-electron chi connectivity index (χ2n) is 7.69. The fourth-order valence-electron chi connectivity index (χ4n) is 3.74. The molecule has 0 saturated heterocycles. The highest BCUT2D eigenvalue weighted by Crippen LogP contribution is 2.35. The minimum Gasteiger partial charge on any atom is -0.497 e.